The Bertz CT molecular complexity index is 1400. The Morgan fingerprint density at radius 1 is 1.06 bits per heavy atom. The molecule has 0 bridgehead atoms. The highest BCUT2D eigenvalue weighted by Crippen LogP contribution is 2.28. The zero-order chi connectivity index (χ0) is 22.9. The first-order valence-corrected chi connectivity index (χ1v) is 11.4. The predicted molar refractivity (Wildman–Crippen MR) is 126 cm³/mol. The number of hydrogen-bond donors (Lipinski definition) is 2. The lowest BCUT2D eigenvalue weighted by atomic mass is 10.1. The van der Waals surface area contributed by atoms with Crippen LogP contribution in [0.1, 0.15) is 10.4 Å². The molecule has 0 aliphatic carbocycles. The van der Waals surface area contributed by atoms with Gasteiger partial charge in [0.25, 0.3) is 15.9 Å². The van der Waals surface area contributed by atoms with Gasteiger partial charge in [0, 0.05) is 24.1 Å². The molecule has 0 radical (unpaired) electrons. The summed E-state index contributed by atoms with van der Waals surface area (Å²) in [6, 6.07) is 18.0. The van der Waals surface area contributed by atoms with Crippen LogP contribution in [0, 0.1) is 0 Å². The van der Waals surface area contributed by atoms with Crippen molar-refractivity contribution in [1.29, 1.82) is 0 Å². The zero-order valence-corrected chi connectivity index (χ0v) is 18.9. The summed E-state index contributed by atoms with van der Waals surface area (Å²) in [5.41, 5.74) is 1.97. The number of aromatic amines is 1. The second kappa shape index (κ2) is 8.57. The van der Waals surface area contributed by atoms with Crippen molar-refractivity contribution in [2.75, 3.05) is 23.8 Å². The van der Waals surface area contributed by atoms with Crippen LogP contribution in [-0.4, -0.2) is 33.5 Å². The van der Waals surface area contributed by atoms with E-state index in [1.54, 1.807) is 42.6 Å². The second-order valence-corrected chi connectivity index (χ2v) is 9.39. The van der Waals surface area contributed by atoms with E-state index in [1.165, 1.54) is 32.4 Å². The minimum Gasteiger partial charge on any atom is -0.497 e. The van der Waals surface area contributed by atoms with Crippen molar-refractivity contribution >= 4 is 49.8 Å². The normalized spacial score (nSPS) is 11.3. The van der Waals surface area contributed by atoms with Crippen LogP contribution in [0.5, 0.6) is 5.75 Å². The third kappa shape index (κ3) is 4.02. The van der Waals surface area contributed by atoms with Crippen LogP contribution in [-0.2, 0) is 10.0 Å². The number of halogens is 1. The molecule has 7 nitrogen and oxygen atoms in total. The number of amides is 1. The quantitative estimate of drug-likeness (QED) is 0.420. The summed E-state index contributed by atoms with van der Waals surface area (Å²) in [5, 5.41) is 3.80. The Hall–Kier alpha value is -3.49. The van der Waals surface area contributed by atoms with Gasteiger partial charge in [-0.15, -0.1) is 0 Å². The van der Waals surface area contributed by atoms with Gasteiger partial charge in [0.2, 0.25) is 0 Å². The van der Waals surface area contributed by atoms with Crippen LogP contribution in [0.25, 0.3) is 10.9 Å². The van der Waals surface area contributed by atoms with Gasteiger partial charge < -0.3 is 15.0 Å². The maximum atomic E-state index is 13.2. The highest BCUT2D eigenvalue weighted by Gasteiger charge is 2.24. The van der Waals surface area contributed by atoms with E-state index < -0.39 is 15.9 Å². The molecule has 3 aromatic carbocycles. The Morgan fingerprint density at radius 2 is 1.81 bits per heavy atom. The van der Waals surface area contributed by atoms with Gasteiger partial charge in [-0.05, 0) is 60.7 Å². The number of rotatable bonds is 6. The zero-order valence-electron chi connectivity index (χ0n) is 17.3. The maximum Gasteiger partial charge on any atom is 0.264 e. The number of methoxy groups -OCH3 is 1. The molecule has 0 spiro atoms. The molecule has 2 N–H and O–H groups in total. The fraction of sp³-hybridized carbons (Fsp3) is 0.0870. The van der Waals surface area contributed by atoms with Gasteiger partial charge in [-0.25, -0.2) is 8.42 Å². The van der Waals surface area contributed by atoms with Gasteiger partial charge in [0.05, 0.1) is 34.0 Å². The van der Waals surface area contributed by atoms with E-state index in [0.717, 1.165) is 15.2 Å². The van der Waals surface area contributed by atoms with Crippen LogP contribution in [0.3, 0.4) is 0 Å². The number of sulfonamides is 1. The van der Waals surface area contributed by atoms with Crippen LogP contribution in [0.4, 0.5) is 11.4 Å². The summed E-state index contributed by atoms with van der Waals surface area (Å²) in [6.45, 7) is 0. The molecule has 32 heavy (non-hydrogen) atoms. The van der Waals surface area contributed by atoms with E-state index >= 15 is 0 Å². The molecule has 4 rings (SSSR count). The Morgan fingerprint density at radius 3 is 2.53 bits per heavy atom. The molecule has 1 heterocycles. The number of carbonyl (C=O) groups excluding carboxylic acids is 1. The van der Waals surface area contributed by atoms with Gasteiger partial charge in [-0.1, -0.05) is 17.7 Å². The first kappa shape index (κ1) is 21.7. The molecule has 0 aliphatic heterocycles. The topological polar surface area (TPSA) is 91.5 Å². The second-order valence-electron chi connectivity index (χ2n) is 7.01. The number of nitrogens with zero attached hydrogens (tertiary/aromatic N) is 1. The lowest BCUT2D eigenvalue weighted by Crippen LogP contribution is -2.27. The number of anilines is 2. The number of aromatic nitrogens is 1. The molecule has 4 aromatic rings. The number of hydrogen-bond acceptors (Lipinski definition) is 4. The standard InChI is InChI=1S/C23H20ClN3O4S/c1-27(15-6-8-16(31-2)9-7-15)32(29,30)17-10-11-20(24)19(14-17)23(28)26-22-5-3-4-21-18(22)12-13-25-21/h3-14,25H,1-2H3,(H,26,28). The molecule has 0 atom stereocenters. The van der Waals surface area contributed by atoms with E-state index in [2.05, 4.69) is 10.3 Å². The van der Waals surface area contributed by atoms with Gasteiger partial charge >= 0.3 is 0 Å². The summed E-state index contributed by atoms with van der Waals surface area (Å²) in [5.74, 6) is 0.107. The first-order valence-electron chi connectivity index (χ1n) is 9.61. The molecule has 0 saturated carbocycles. The number of ether oxygens (including phenoxy) is 1. The van der Waals surface area contributed by atoms with Crippen molar-refractivity contribution in [3.63, 3.8) is 0 Å². The number of nitrogens with one attached hydrogen (secondary N) is 2. The predicted octanol–water partition coefficient (Wildman–Crippen LogP) is 4.91. The van der Waals surface area contributed by atoms with Crippen molar-refractivity contribution in [3.8, 4) is 5.75 Å². The minimum atomic E-state index is -3.93. The molecule has 0 aliphatic rings. The molecule has 0 fully saturated rings. The average Bonchev–Trinajstić information content (AvgIpc) is 3.28. The van der Waals surface area contributed by atoms with Crippen LogP contribution in [0.2, 0.25) is 5.02 Å². The lowest BCUT2D eigenvalue weighted by Gasteiger charge is -2.20. The van der Waals surface area contributed by atoms with Crippen molar-refractivity contribution in [2.45, 2.75) is 4.90 Å². The monoisotopic (exact) mass is 469 g/mol. The molecular formula is C23H20ClN3O4S. The fourth-order valence-electron chi connectivity index (χ4n) is 3.31. The number of carbonyl (C=O) groups is 1. The van der Waals surface area contributed by atoms with E-state index in [4.69, 9.17) is 16.3 Å². The summed E-state index contributed by atoms with van der Waals surface area (Å²) >= 11 is 6.25. The van der Waals surface area contributed by atoms with Crippen LogP contribution in [0.15, 0.2) is 77.8 Å². The van der Waals surface area contributed by atoms with Crippen molar-refractivity contribution in [3.05, 3.63) is 83.5 Å². The molecule has 0 unspecified atom stereocenters. The Balaban J connectivity index is 1.65. The molecule has 9 heteroatoms. The number of benzene rings is 3. The van der Waals surface area contributed by atoms with Gasteiger partial charge in [0.1, 0.15) is 5.75 Å². The smallest absolute Gasteiger partial charge is 0.264 e. The minimum absolute atomic E-state index is 0.0507. The average molecular weight is 470 g/mol. The fourth-order valence-corrected chi connectivity index (χ4v) is 4.74. The third-order valence-corrected chi connectivity index (χ3v) is 7.23. The molecule has 164 valence electrons. The Kier molecular flexibility index (Phi) is 5.82. The SMILES string of the molecule is COc1ccc(N(C)S(=O)(=O)c2ccc(Cl)c(C(=O)Nc3cccc4[nH]ccc34)c2)cc1. The van der Waals surface area contributed by atoms with Gasteiger partial charge in [0.15, 0.2) is 0 Å². The van der Waals surface area contributed by atoms with E-state index in [1.807, 2.05) is 12.1 Å². The summed E-state index contributed by atoms with van der Waals surface area (Å²) < 4.78 is 32.6. The summed E-state index contributed by atoms with van der Waals surface area (Å²) in [6.07, 6.45) is 1.77. The summed E-state index contributed by atoms with van der Waals surface area (Å²) in [4.78, 5) is 16.0. The highest BCUT2D eigenvalue weighted by molar-refractivity contribution is 7.92. The number of fused-ring (bicyclic) bond motifs is 1. The third-order valence-electron chi connectivity index (χ3n) is 5.12. The van der Waals surface area contributed by atoms with Gasteiger partial charge in [-0.2, -0.15) is 0 Å². The Labute approximate surface area is 190 Å². The van der Waals surface area contributed by atoms with E-state index in [0.29, 0.717) is 17.1 Å². The van der Waals surface area contributed by atoms with E-state index in [9.17, 15) is 13.2 Å². The molecule has 1 aromatic heterocycles. The van der Waals surface area contributed by atoms with Crippen molar-refractivity contribution in [2.24, 2.45) is 0 Å². The van der Waals surface area contributed by atoms with Crippen molar-refractivity contribution in [1.82, 2.24) is 4.98 Å². The van der Waals surface area contributed by atoms with Crippen LogP contribution >= 0.6 is 11.6 Å². The molecular weight excluding hydrogens is 450 g/mol. The van der Waals surface area contributed by atoms with Crippen LogP contribution < -0.4 is 14.4 Å². The van der Waals surface area contributed by atoms with E-state index in [-0.39, 0.29) is 15.5 Å². The summed E-state index contributed by atoms with van der Waals surface area (Å²) in [7, 11) is -0.958. The first-order chi connectivity index (χ1) is 15.3. The number of H-pyrrole nitrogens is 1. The molecule has 0 saturated heterocycles. The lowest BCUT2D eigenvalue weighted by molar-refractivity contribution is 0.102. The molecule has 1 amide bonds. The largest absolute Gasteiger partial charge is 0.497 e. The maximum absolute atomic E-state index is 13.2. The van der Waals surface area contributed by atoms with Crippen molar-refractivity contribution < 1.29 is 17.9 Å². The highest BCUT2D eigenvalue weighted by atomic mass is 35.5. The van der Waals surface area contributed by atoms with Gasteiger partial charge in [-0.3, -0.25) is 9.10 Å².